The van der Waals surface area contributed by atoms with Gasteiger partial charge in [-0.3, -0.25) is 14.5 Å². The van der Waals surface area contributed by atoms with Crippen molar-refractivity contribution >= 4 is 28.3 Å². The topological polar surface area (TPSA) is 65.5 Å². The van der Waals surface area contributed by atoms with Gasteiger partial charge in [0.1, 0.15) is 0 Å². The summed E-state index contributed by atoms with van der Waals surface area (Å²) in [6, 6.07) is 11.7. The predicted octanol–water partition coefficient (Wildman–Crippen LogP) is 8.08. The molecule has 1 aliphatic rings. The summed E-state index contributed by atoms with van der Waals surface area (Å²) in [6.45, 7) is 5.83. The van der Waals surface area contributed by atoms with E-state index in [1.807, 2.05) is 23.6 Å². The van der Waals surface area contributed by atoms with Gasteiger partial charge in [-0.15, -0.1) is 11.3 Å². The Labute approximate surface area is 269 Å². The van der Waals surface area contributed by atoms with Gasteiger partial charge in [0.15, 0.2) is 5.13 Å². The van der Waals surface area contributed by atoms with Crippen LogP contribution in [0.1, 0.15) is 79.8 Å². The third kappa shape index (κ3) is 11.7. The average molecular weight is 671 g/mol. The van der Waals surface area contributed by atoms with Crippen LogP contribution >= 0.6 is 11.3 Å². The molecule has 0 saturated carbocycles. The van der Waals surface area contributed by atoms with Gasteiger partial charge >= 0.3 is 12.4 Å². The molecular formula is C33H40F6N4O2S. The van der Waals surface area contributed by atoms with Gasteiger partial charge < -0.3 is 10.2 Å². The van der Waals surface area contributed by atoms with Crippen molar-refractivity contribution < 1.29 is 35.9 Å². The van der Waals surface area contributed by atoms with Gasteiger partial charge in [-0.2, -0.15) is 26.3 Å². The van der Waals surface area contributed by atoms with E-state index in [-0.39, 0.29) is 24.0 Å². The van der Waals surface area contributed by atoms with E-state index in [9.17, 15) is 35.9 Å². The molecule has 2 amide bonds. The maximum Gasteiger partial charge on any atom is 0.416 e. The summed E-state index contributed by atoms with van der Waals surface area (Å²) >= 11 is 1.52. The molecule has 3 aromatic rings. The number of rotatable bonds is 10. The number of hydrogen-bond donors (Lipinski definition) is 1. The predicted molar refractivity (Wildman–Crippen MR) is 168 cm³/mol. The molecule has 0 spiro atoms. The van der Waals surface area contributed by atoms with Crippen LogP contribution in [0.3, 0.4) is 0 Å². The van der Waals surface area contributed by atoms with Crippen molar-refractivity contribution in [1.82, 2.24) is 15.2 Å². The highest BCUT2D eigenvalue weighted by atomic mass is 32.1. The van der Waals surface area contributed by atoms with Crippen LogP contribution in [0.2, 0.25) is 0 Å². The summed E-state index contributed by atoms with van der Waals surface area (Å²) in [6.07, 6.45) is -4.94. The molecule has 0 unspecified atom stereocenters. The van der Waals surface area contributed by atoms with E-state index in [4.69, 9.17) is 0 Å². The first kappa shape index (κ1) is 37.0. The number of nitrogens with one attached hydrogen (secondary N) is 1. The second kappa shape index (κ2) is 16.9. The fraction of sp³-hybridized carbons (Fsp3) is 0.485. The summed E-state index contributed by atoms with van der Waals surface area (Å²) in [7, 11) is 1.75. The molecule has 6 nitrogen and oxygen atoms in total. The number of aromatic nitrogens is 1. The summed E-state index contributed by atoms with van der Waals surface area (Å²) < 4.78 is 77.6. The lowest BCUT2D eigenvalue weighted by molar-refractivity contribution is -0.143. The number of aryl methyl sites for hydroxylation is 1. The number of likely N-dealkylation sites (tertiary alicyclic amines) is 1. The second-order valence-electron chi connectivity index (χ2n) is 11.3. The first-order valence-electron chi connectivity index (χ1n) is 15.2. The zero-order valence-corrected chi connectivity index (χ0v) is 27.0. The fourth-order valence-electron chi connectivity index (χ4n) is 5.04. The number of halogens is 6. The Balaban J connectivity index is 0.000000370. The van der Waals surface area contributed by atoms with E-state index in [0.29, 0.717) is 24.5 Å². The standard InChI is InChI=1S/C24H26F6N2O.C9H14N2OS/c25-23(26,27)20-13-17(14-21(15-20)24(28,29)30)16-31-22(33)7-4-10-32-11-8-19(9-12-32)18-5-2-1-3-6-18;1-4-5-8-6-13-9(10-8)11(3)7(2)12/h1-3,5-6,13-15,19H,4,7-12,16H2,(H,31,33);6H,4-5H2,1-3H3. The normalized spacial score (nSPS) is 14.4. The number of hydrogen-bond acceptors (Lipinski definition) is 5. The zero-order chi connectivity index (χ0) is 33.9. The summed E-state index contributed by atoms with van der Waals surface area (Å²) in [5, 5.41) is 5.23. The molecular weight excluding hydrogens is 630 g/mol. The Morgan fingerprint density at radius 3 is 2.15 bits per heavy atom. The molecule has 0 radical (unpaired) electrons. The second-order valence-corrected chi connectivity index (χ2v) is 12.1. The first-order chi connectivity index (χ1) is 21.7. The van der Waals surface area contributed by atoms with Gasteiger partial charge in [0.2, 0.25) is 11.8 Å². The number of carbonyl (C=O) groups is 2. The average Bonchev–Trinajstić information content (AvgIpc) is 3.48. The van der Waals surface area contributed by atoms with E-state index in [2.05, 4.69) is 34.3 Å². The van der Waals surface area contributed by atoms with Crippen molar-refractivity contribution in [3.8, 4) is 0 Å². The zero-order valence-electron chi connectivity index (χ0n) is 26.2. The molecule has 1 fully saturated rings. The van der Waals surface area contributed by atoms with Crippen molar-refractivity contribution in [1.29, 1.82) is 0 Å². The van der Waals surface area contributed by atoms with Crippen LogP contribution in [-0.2, 0) is 34.9 Å². The Morgan fingerprint density at radius 1 is 1.00 bits per heavy atom. The first-order valence-corrected chi connectivity index (χ1v) is 16.1. The highest BCUT2D eigenvalue weighted by molar-refractivity contribution is 7.14. The number of benzene rings is 2. The Hall–Kier alpha value is -3.45. The van der Waals surface area contributed by atoms with Crippen molar-refractivity contribution in [2.75, 3.05) is 31.6 Å². The highest BCUT2D eigenvalue weighted by Gasteiger charge is 2.36. The van der Waals surface area contributed by atoms with Gasteiger partial charge in [-0.25, -0.2) is 4.98 Å². The van der Waals surface area contributed by atoms with Crippen LogP contribution in [0.4, 0.5) is 31.5 Å². The molecule has 252 valence electrons. The van der Waals surface area contributed by atoms with Crippen molar-refractivity contribution in [3.63, 3.8) is 0 Å². The number of thiazole rings is 1. The minimum Gasteiger partial charge on any atom is -0.352 e. The largest absolute Gasteiger partial charge is 0.416 e. The van der Waals surface area contributed by atoms with Crippen LogP contribution in [0.5, 0.6) is 0 Å². The number of piperidine rings is 1. The molecule has 2 aromatic carbocycles. The lowest BCUT2D eigenvalue weighted by Crippen LogP contribution is -2.34. The van der Waals surface area contributed by atoms with Crippen LogP contribution in [0.15, 0.2) is 53.9 Å². The lowest BCUT2D eigenvalue weighted by Gasteiger charge is -2.32. The van der Waals surface area contributed by atoms with Gasteiger partial charge in [0.05, 0.1) is 16.8 Å². The smallest absolute Gasteiger partial charge is 0.352 e. The van der Waals surface area contributed by atoms with Gasteiger partial charge in [-0.05, 0) is 80.6 Å². The maximum atomic E-state index is 12.9. The molecule has 0 aliphatic carbocycles. The number of amides is 2. The third-order valence-electron chi connectivity index (χ3n) is 7.68. The molecule has 46 heavy (non-hydrogen) atoms. The molecule has 0 atom stereocenters. The maximum absolute atomic E-state index is 12.9. The lowest BCUT2D eigenvalue weighted by atomic mass is 9.89. The highest BCUT2D eigenvalue weighted by Crippen LogP contribution is 2.36. The number of alkyl halides is 6. The molecule has 1 N–H and O–H groups in total. The van der Waals surface area contributed by atoms with Crippen LogP contribution in [0, 0.1) is 0 Å². The van der Waals surface area contributed by atoms with E-state index in [0.717, 1.165) is 56.1 Å². The quantitative estimate of drug-likeness (QED) is 0.222. The Morgan fingerprint density at radius 2 is 1.61 bits per heavy atom. The molecule has 1 aliphatic heterocycles. The Bertz CT molecular complexity index is 1370. The van der Waals surface area contributed by atoms with Crippen LogP contribution < -0.4 is 10.2 Å². The van der Waals surface area contributed by atoms with E-state index < -0.39 is 35.9 Å². The molecule has 1 saturated heterocycles. The molecule has 4 rings (SSSR count). The van der Waals surface area contributed by atoms with Crippen molar-refractivity contribution in [2.24, 2.45) is 0 Å². The SMILES string of the molecule is CCCc1csc(N(C)C(C)=O)n1.O=C(CCCN1CCC(c2ccccc2)CC1)NCc1cc(C(F)(F)F)cc(C(F)(F)F)c1. The van der Waals surface area contributed by atoms with E-state index >= 15 is 0 Å². The molecule has 13 heteroatoms. The van der Waals surface area contributed by atoms with E-state index in [1.165, 1.54) is 16.9 Å². The molecule has 1 aromatic heterocycles. The molecule has 2 heterocycles. The number of carbonyl (C=O) groups excluding carboxylic acids is 2. The summed E-state index contributed by atoms with van der Waals surface area (Å²) in [5.41, 5.74) is -0.607. The third-order valence-corrected chi connectivity index (χ3v) is 8.64. The summed E-state index contributed by atoms with van der Waals surface area (Å²) in [5.74, 6) is 0.150. The number of anilines is 1. The van der Waals surface area contributed by atoms with Gasteiger partial charge in [-0.1, -0.05) is 43.7 Å². The van der Waals surface area contributed by atoms with E-state index in [1.54, 1.807) is 18.9 Å². The monoisotopic (exact) mass is 670 g/mol. The fourth-order valence-corrected chi connectivity index (χ4v) is 5.91. The van der Waals surface area contributed by atoms with Crippen molar-refractivity contribution in [2.45, 2.75) is 77.2 Å². The minimum absolute atomic E-state index is 0.0254. The molecule has 0 bridgehead atoms. The summed E-state index contributed by atoms with van der Waals surface area (Å²) in [4.78, 5) is 31.3. The van der Waals surface area contributed by atoms with Gasteiger partial charge in [0.25, 0.3) is 0 Å². The number of nitrogens with zero attached hydrogens (tertiary/aromatic N) is 3. The van der Waals surface area contributed by atoms with Crippen LogP contribution in [-0.4, -0.2) is 48.4 Å². The van der Waals surface area contributed by atoms with Crippen molar-refractivity contribution in [3.05, 3.63) is 81.9 Å². The minimum atomic E-state index is -4.91. The van der Waals surface area contributed by atoms with Gasteiger partial charge in [0, 0.05) is 32.3 Å². The van der Waals surface area contributed by atoms with Crippen LogP contribution in [0.25, 0.3) is 0 Å². The Kier molecular flexibility index (Phi) is 13.6.